The number of amides is 1. The first kappa shape index (κ1) is 15.3. The molecule has 6 heteroatoms. The van der Waals surface area contributed by atoms with Crippen LogP contribution in [0.25, 0.3) is 0 Å². The summed E-state index contributed by atoms with van der Waals surface area (Å²) in [6, 6.07) is 0. The predicted molar refractivity (Wildman–Crippen MR) is 72.8 cm³/mol. The van der Waals surface area contributed by atoms with Crippen LogP contribution in [-0.2, 0) is 9.59 Å². The lowest BCUT2D eigenvalue weighted by Crippen LogP contribution is -2.54. The number of carboxylic acid groups (broad SMARTS) is 1. The molecule has 1 aliphatic carbocycles. The van der Waals surface area contributed by atoms with Gasteiger partial charge in [0.25, 0.3) is 0 Å². The van der Waals surface area contributed by atoms with E-state index in [0.29, 0.717) is 25.1 Å². The van der Waals surface area contributed by atoms with Crippen molar-refractivity contribution in [2.45, 2.75) is 43.4 Å². The molecule has 1 fully saturated rings. The van der Waals surface area contributed by atoms with E-state index in [1.165, 1.54) is 0 Å². The number of carbonyl (C=O) groups is 2. The molecule has 0 saturated heterocycles. The number of carbonyl (C=O) groups excluding carboxylic acids is 1. The highest BCUT2D eigenvalue weighted by atomic mass is 32.2. The quantitative estimate of drug-likeness (QED) is 0.669. The van der Waals surface area contributed by atoms with Crippen molar-refractivity contribution in [2.24, 2.45) is 0 Å². The van der Waals surface area contributed by atoms with Gasteiger partial charge in [-0.2, -0.15) is 0 Å². The van der Waals surface area contributed by atoms with Gasteiger partial charge in [-0.25, -0.2) is 0 Å². The van der Waals surface area contributed by atoms with Crippen molar-refractivity contribution in [3.63, 3.8) is 0 Å². The SMILES string of the molecule is CCNC(=O)CSC1CCCC(NC)(C(=O)O)C1. The van der Waals surface area contributed by atoms with Gasteiger partial charge in [0.15, 0.2) is 0 Å². The van der Waals surface area contributed by atoms with Gasteiger partial charge in [-0.1, -0.05) is 0 Å². The number of hydrogen-bond donors (Lipinski definition) is 3. The van der Waals surface area contributed by atoms with Crippen molar-refractivity contribution in [1.29, 1.82) is 0 Å². The summed E-state index contributed by atoms with van der Waals surface area (Å²) in [6.45, 7) is 2.53. The third kappa shape index (κ3) is 3.88. The zero-order valence-electron chi connectivity index (χ0n) is 11.0. The van der Waals surface area contributed by atoms with Gasteiger partial charge in [0, 0.05) is 11.8 Å². The predicted octanol–water partition coefficient (Wildman–Crippen LogP) is 0.841. The molecule has 0 aromatic rings. The number of aliphatic carboxylic acids is 1. The Bertz CT molecular complexity index is 312. The minimum Gasteiger partial charge on any atom is -0.480 e. The third-order valence-electron chi connectivity index (χ3n) is 3.42. The van der Waals surface area contributed by atoms with E-state index in [1.807, 2.05) is 6.92 Å². The lowest BCUT2D eigenvalue weighted by molar-refractivity contribution is -0.146. The minimum atomic E-state index is -0.808. The lowest BCUT2D eigenvalue weighted by atomic mass is 9.81. The Morgan fingerprint density at radius 2 is 2.22 bits per heavy atom. The second-order valence-corrected chi connectivity index (χ2v) is 5.91. The van der Waals surface area contributed by atoms with Gasteiger partial charge in [0.1, 0.15) is 5.54 Å². The van der Waals surface area contributed by atoms with Crippen LogP contribution in [0.2, 0.25) is 0 Å². The molecule has 5 nitrogen and oxygen atoms in total. The van der Waals surface area contributed by atoms with E-state index in [0.717, 1.165) is 12.8 Å². The summed E-state index contributed by atoms with van der Waals surface area (Å²) in [5.41, 5.74) is -0.808. The van der Waals surface area contributed by atoms with Crippen molar-refractivity contribution >= 4 is 23.6 Å². The molecule has 1 aliphatic rings. The first-order chi connectivity index (χ1) is 8.54. The van der Waals surface area contributed by atoms with Gasteiger partial charge in [0.2, 0.25) is 5.91 Å². The average molecular weight is 274 g/mol. The van der Waals surface area contributed by atoms with E-state index in [4.69, 9.17) is 0 Å². The number of carboxylic acids is 1. The summed E-state index contributed by atoms with van der Waals surface area (Å²) in [5.74, 6) is -0.343. The molecule has 0 radical (unpaired) electrons. The number of hydrogen-bond acceptors (Lipinski definition) is 4. The largest absolute Gasteiger partial charge is 0.480 e. The van der Waals surface area contributed by atoms with Crippen molar-refractivity contribution < 1.29 is 14.7 Å². The van der Waals surface area contributed by atoms with E-state index < -0.39 is 11.5 Å². The van der Waals surface area contributed by atoms with Gasteiger partial charge in [-0.15, -0.1) is 11.8 Å². The topological polar surface area (TPSA) is 78.4 Å². The number of thioether (sulfide) groups is 1. The Labute approximate surface area is 112 Å². The standard InChI is InChI=1S/C12H22N2O3S/c1-3-14-10(15)8-18-9-5-4-6-12(7-9,13-2)11(16)17/h9,13H,3-8H2,1-2H3,(H,14,15)(H,16,17). The molecule has 3 N–H and O–H groups in total. The van der Waals surface area contributed by atoms with Gasteiger partial charge in [-0.3, -0.25) is 9.59 Å². The summed E-state index contributed by atoms with van der Waals surface area (Å²) < 4.78 is 0. The fraction of sp³-hybridized carbons (Fsp3) is 0.833. The molecule has 2 atom stereocenters. The number of nitrogens with one attached hydrogen (secondary N) is 2. The molecule has 0 spiro atoms. The van der Waals surface area contributed by atoms with Crippen LogP contribution in [-0.4, -0.2) is 47.1 Å². The molecule has 104 valence electrons. The lowest BCUT2D eigenvalue weighted by Gasteiger charge is -2.37. The first-order valence-electron chi connectivity index (χ1n) is 6.34. The Hall–Kier alpha value is -0.750. The maximum Gasteiger partial charge on any atom is 0.323 e. The Kier molecular flexibility index (Phi) is 5.95. The highest BCUT2D eigenvalue weighted by Gasteiger charge is 2.41. The number of likely N-dealkylation sites (N-methyl/N-ethyl adjacent to an activating group) is 1. The molecule has 2 unspecified atom stereocenters. The summed E-state index contributed by atoms with van der Waals surface area (Å²) in [7, 11) is 1.70. The molecule has 0 aromatic carbocycles. The van der Waals surface area contributed by atoms with Crippen LogP contribution in [0.1, 0.15) is 32.6 Å². The molecular formula is C12H22N2O3S. The second-order valence-electron chi connectivity index (χ2n) is 4.62. The monoisotopic (exact) mass is 274 g/mol. The van der Waals surface area contributed by atoms with Crippen LogP contribution >= 0.6 is 11.8 Å². The third-order valence-corrected chi connectivity index (χ3v) is 4.72. The molecule has 1 saturated carbocycles. The Morgan fingerprint density at radius 3 is 2.78 bits per heavy atom. The van der Waals surface area contributed by atoms with E-state index in [9.17, 15) is 14.7 Å². The summed E-state index contributed by atoms with van der Waals surface area (Å²) >= 11 is 1.57. The normalized spacial score (nSPS) is 27.8. The molecule has 1 rings (SSSR count). The molecule has 0 heterocycles. The average Bonchev–Trinajstić information content (AvgIpc) is 2.36. The molecule has 0 aliphatic heterocycles. The Balaban J connectivity index is 2.48. The van der Waals surface area contributed by atoms with E-state index in [-0.39, 0.29) is 11.2 Å². The van der Waals surface area contributed by atoms with Crippen LogP contribution in [0.5, 0.6) is 0 Å². The van der Waals surface area contributed by atoms with Crippen LogP contribution < -0.4 is 10.6 Å². The summed E-state index contributed by atoms with van der Waals surface area (Å²) in [5, 5.41) is 15.3. The Morgan fingerprint density at radius 1 is 1.50 bits per heavy atom. The van der Waals surface area contributed by atoms with Crippen LogP contribution in [0.3, 0.4) is 0 Å². The second kappa shape index (κ2) is 6.99. The maximum absolute atomic E-state index is 11.4. The fourth-order valence-electron chi connectivity index (χ4n) is 2.34. The zero-order chi connectivity index (χ0) is 13.6. The van der Waals surface area contributed by atoms with E-state index in [2.05, 4.69) is 10.6 Å². The highest BCUT2D eigenvalue weighted by molar-refractivity contribution is 8.00. The molecular weight excluding hydrogens is 252 g/mol. The minimum absolute atomic E-state index is 0.0263. The van der Waals surface area contributed by atoms with E-state index in [1.54, 1.807) is 18.8 Å². The van der Waals surface area contributed by atoms with Gasteiger partial charge < -0.3 is 15.7 Å². The van der Waals surface area contributed by atoms with E-state index >= 15 is 0 Å². The first-order valence-corrected chi connectivity index (χ1v) is 7.39. The number of rotatable bonds is 6. The van der Waals surface area contributed by atoms with Crippen molar-refractivity contribution in [3.05, 3.63) is 0 Å². The molecule has 0 bridgehead atoms. The van der Waals surface area contributed by atoms with Gasteiger partial charge >= 0.3 is 5.97 Å². The fourth-order valence-corrected chi connectivity index (χ4v) is 3.56. The van der Waals surface area contributed by atoms with Crippen molar-refractivity contribution in [2.75, 3.05) is 19.3 Å². The van der Waals surface area contributed by atoms with Crippen LogP contribution in [0.4, 0.5) is 0 Å². The zero-order valence-corrected chi connectivity index (χ0v) is 11.8. The van der Waals surface area contributed by atoms with Crippen LogP contribution in [0.15, 0.2) is 0 Å². The molecule has 0 aromatic heterocycles. The van der Waals surface area contributed by atoms with Gasteiger partial charge in [0.05, 0.1) is 5.75 Å². The highest BCUT2D eigenvalue weighted by Crippen LogP contribution is 2.35. The smallest absolute Gasteiger partial charge is 0.323 e. The van der Waals surface area contributed by atoms with Crippen LogP contribution in [0, 0.1) is 0 Å². The summed E-state index contributed by atoms with van der Waals surface area (Å²) in [6.07, 6.45) is 3.13. The summed E-state index contributed by atoms with van der Waals surface area (Å²) in [4.78, 5) is 22.7. The van der Waals surface area contributed by atoms with Crippen molar-refractivity contribution in [3.8, 4) is 0 Å². The maximum atomic E-state index is 11.4. The van der Waals surface area contributed by atoms with Crippen molar-refractivity contribution in [1.82, 2.24) is 10.6 Å². The van der Waals surface area contributed by atoms with Gasteiger partial charge in [-0.05, 0) is 39.7 Å². The molecule has 18 heavy (non-hydrogen) atoms. The molecule has 1 amide bonds.